The summed E-state index contributed by atoms with van der Waals surface area (Å²) >= 11 is 1.65. The first-order chi connectivity index (χ1) is 12.8. The zero-order valence-corrected chi connectivity index (χ0v) is 15.0. The summed E-state index contributed by atoms with van der Waals surface area (Å²) in [4.78, 5) is 18.0. The maximum Gasteiger partial charge on any atom is 0.270 e. The smallest absolute Gasteiger partial charge is 0.270 e. The number of nitrogens with one attached hydrogen (secondary N) is 2. The van der Waals surface area contributed by atoms with Crippen LogP contribution in [0.25, 0.3) is 10.2 Å². The Balaban J connectivity index is 1.28. The van der Waals surface area contributed by atoms with Crippen molar-refractivity contribution in [3.63, 3.8) is 0 Å². The third-order valence-corrected chi connectivity index (χ3v) is 5.79. The van der Waals surface area contributed by atoms with Gasteiger partial charge in [-0.1, -0.05) is 0 Å². The Morgan fingerprint density at radius 1 is 1.23 bits per heavy atom. The molecule has 0 aliphatic carbocycles. The summed E-state index contributed by atoms with van der Waals surface area (Å²) in [6.07, 6.45) is 2.03. The highest BCUT2D eigenvalue weighted by Crippen LogP contribution is 2.34. The van der Waals surface area contributed by atoms with Gasteiger partial charge in [0.2, 0.25) is 6.79 Å². The van der Waals surface area contributed by atoms with Crippen molar-refractivity contribution in [2.24, 2.45) is 0 Å². The fraction of sp³-hybridized carbons (Fsp3) is 0.316. The minimum Gasteiger partial charge on any atom is -0.454 e. The molecule has 5 rings (SSSR count). The predicted molar refractivity (Wildman–Crippen MR) is 101 cm³/mol. The van der Waals surface area contributed by atoms with Gasteiger partial charge in [-0.15, -0.1) is 11.3 Å². The molecule has 0 radical (unpaired) electrons. The Labute approximate surface area is 154 Å². The van der Waals surface area contributed by atoms with E-state index < -0.39 is 0 Å². The van der Waals surface area contributed by atoms with Crippen molar-refractivity contribution >= 4 is 33.1 Å². The van der Waals surface area contributed by atoms with E-state index in [4.69, 9.17) is 9.47 Å². The Bertz CT molecular complexity index is 936. The summed E-state index contributed by atoms with van der Waals surface area (Å²) in [6.45, 7) is 1.77. The molecule has 1 aromatic carbocycles. The highest BCUT2D eigenvalue weighted by Gasteiger charge is 2.26. The number of carbonyl (C=O) groups is 1. The van der Waals surface area contributed by atoms with Gasteiger partial charge in [0.05, 0.1) is 10.2 Å². The number of nitrogens with zero attached hydrogens (tertiary/aromatic N) is 1. The number of carbonyl (C=O) groups excluding carboxylic acids is 1. The van der Waals surface area contributed by atoms with E-state index in [1.165, 1.54) is 0 Å². The van der Waals surface area contributed by atoms with Gasteiger partial charge in [-0.3, -0.25) is 4.79 Å². The molecule has 4 heterocycles. The first-order valence-corrected chi connectivity index (χ1v) is 9.66. The molecule has 0 unspecified atom stereocenters. The fourth-order valence-electron chi connectivity index (χ4n) is 3.64. The minimum absolute atomic E-state index is 0.0746. The molecule has 3 aromatic rings. The minimum atomic E-state index is 0.0746. The van der Waals surface area contributed by atoms with Crippen LogP contribution >= 0.6 is 11.3 Å². The van der Waals surface area contributed by atoms with Gasteiger partial charge in [-0.05, 0) is 42.5 Å². The molecule has 2 aliphatic heterocycles. The van der Waals surface area contributed by atoms with Gasteiger partial charge >= 0.3 is 0 Å². The summed E-state index contributed by atoms with van der Waals surface area (Å²) in [5.41, 5.74) is 2.70. The molecule has 0 spiro atoms. The second kappa shape index (κ2) is 6.25. The molecule has 1 amide bonds. The largest absolute Gasteiger partial charge is 0.454 e. The molecule has 2 aromatic heterocycles. The summed E-state index contributed by atoms with van der Waals surface area (Å²) in [7, 11) is 0. The normalized spacial score (nSPS) is 19.1. The van der Waals surface area contributed by atoms with Crippen molar-refractivity contribution in [2.75, 3.05) is 25.2 Å². The van der Waals surface area contributed by atoms with E-state index in [2.05, 4.69) is 10.3 Å². The summed E-state index contributed by atoms with van der Waals surface area (Å²) < 4.78 is 11.9. The SMILES string of the molecule is O=C(c1cc2sccc2[nH]1)N1CCC[C@H](Nc2ccc3c(c2)OCO3)C1. The van der Waals surface area contributed by atoms with Crippen molar-refractivity contribution in [2.45, 2.75) is 18.9 Å². The average Bonchev–Trinajstić information content (AvgIpc) is 3.36. The Morgan fingerprint density at radius 2 is 2.15 bits per heavy atom. The third kappa shape index (κ3) is 2.78. The van der Waals surface area contributed by atoms with Gasteiger partial charge < -0.3 is 24.7 Å². The molecule has 134 valence electrons. The van der Waals surface area contributed by atoms with E-state index >= 15 is 0 Å². The van der Waals surface area contributed by atoms with Crippen LogP contribution in [0.2, 0.25) is 0 Å². The lowest BCUT2D eigenvalue weighted by Crippen LogP contribution is -2.45. The number of anilines is 1. The predicted octanol–water partition coefficient (Wildman–Crippen LogP) is 3.67. The molecule has 6 nitrogen and oxygen atoms in total. The van der Waals surface area contributed by atoms with Crippen molar-refractivity contribution in [3.05, 3.63) is 41.4 Å². The second-order valence-electron chi connectivity index (χ2n) is 6.68. The molecule has 7 heteroatoms. The molecule has 1 saturated heterocycles. The molecule has 0 saturated carbocycles. The molecule has 1 fully saturated rings. The van der Waals surface area contributed by atoms with Crippen LogP contribution in [0.1, 0.15) is 23.3 Å². The number of aromatic nitrogens is 1. The van der Waals surface area contributed by atoms with Crippen LogP contribution in [-0.2, 0) is 0 Å². The number of benzene rings is 1. The van der Waals surface area contributed by atoms with Gasteiger partial charge in [0.25, 0.3) is 5.91 Å². The quantitative estimate of drug-likeness (QED) is 0.739. The van der Waals surface area contributed by atoms with Crippen LogP contribution in [0.3, 0.4) is 0 Å². The van der Waals surface area contributed by atoms with Gasteiger partial charge in [0.1, 0.15) is 5.69 Å². The van der Waals surface area contributed by atoms with Crippen LogP contribution in [-0.4, -0.2) is 41.7 Å². The molecular formula is C19H19N3O3S. The molecule has 1 atom stereocenters. The Kier molecular flexibility index (Phi) is 3.74. The highest BCUT2D eigenvalue weighted by molar-refractivity contribution is 7.17. The van der Waals surface area contributed by atoms with E-state index in [1.807, 2.05) is 40.6 Å². The topological polar surface area (TPSA) is 66.6 Å². The zero-order valence-electron chi connectivity index (χ0n) is 14.2. The van der Waals surface area contributed by atoms with Gasteiger partial charge in [0.15, 0.2) is 11.5 Å². The van der Waals surface area contributed by atoms with Crippen molar-refractivity contribution in [1.82, 2.24) is 9.88 Å². The maximum atomic E-state index is 12.9. The third-order valence-electron chi connectivity index (χ3n) is 4.92. The van der Waals surface area contributed by atoms with Gasteiger partial charge in [-0.25, -0.2) is 0 Å². The number of H-pyrrole nitrogens is 1. The first kappa shape index (κ1) is 15.6. The van der Waals surface area contributed by atoms with Gasteiger partial charge in [-0.2, -0.15) is 0 Å². The number of hydrogen-bond donors (Lipinski definition) is 2. The van der Waals surface area contributed by atoms with Crippen molar-refractivity contribution < 1.29 is 14.3 Å². The van der Waals surface area contributed by atoms with E-state index in [0.29, 0.717) is 12.2 Å². The summed E-state index contributed by atoms with van der Waals surface area (Å²) in [6, 6.07) is 10.1. The van der Waals surface area contributed by atoms with Crippen molar-refractivity contribution in [3.8, 4) is 11.5 Å². The molecule has 0 bridgehead atoms. The van der Waals surface area contributed by atoms with Gasteiger partial charge in [0, 0.05) is 30.9 Å². The number of aromatic amines is 1. The Hall–Kier alpha value is -2.67. The first-order valence-electron chi connectivity index (χ1n) is 8.78. The lowest BCUT2D eigenvalue weighted by atomic mass is 10.0. The number of hydrogen-bond acceptors (Lipinski definition) is 5. The maximum absolute atomic E-state index is 12.9. The lowest BCUT2D eigenvalue weighted by Gasteiger charge is -2.33. The highest BCUT2D eigenvalue weighted by atomic mass is 32.1. The number of ether oxygens (including phenoxy) is 2. The number of likely N-dealkylation sites (tertiary alicyclic amines) is 1. The van der Waals surface area contributed by atoms with Crippen molar-refractivity contribution in [1.29, 1.82) is 0 Å². The summed E-state index contributed by atoms with van der Waals surface area (Å²) in [5.74, 6) is 1.62. The van der Waals surface area contributed by atoms with E-state index in [1.54, 1.807) is 11.3 Å². The van der Waals surface area contributed by atoms with E-state index in [-0.39, 0.29) is 18.7 Å². The molecule has 2 aliphatic rings. The van der Waals surface area contributed by atoms with Crippen LogP contribution in [0.5, 0.6) is 11.5 Å². The zero-order chi connectivity index (χ0) is 17.5. The molecule has 2 N–H and O–H groups in total. The van der Waals surface area contributed by atoms with E-state index in [0.717, 1.165) is 46.8 Å². The summed E-state index contributed by atoms with van der Waals surface area (Å²) in [5, 5.41) is 5.56. The van der Waals surface area contributed by atoms with Crippen LogP contribution in [0.15, 0.2) is 35.7 Å². The van der Waals surface area contributed by atoms with Crippen LogP contribution < -0.4 is 14.8 Å². The van der Waals surface area contributed by atoms with Crippen LogP contribution in [0.4, 0.5) is 5.69 Å². The van der Waals surface area contributed by atoms with E-state index in [9.17, 15) is 4.79 Å². The van der Waals surface area contributed by atoms with Crippen LogP contribution in [0, 0.1) is 0 Å². The molecule has 26 heavy (non-hydrogen) atoms. The number of fused-ring (bicyclic) bond motifs is 2. The number of piperidine rings is 1. The lowest BCUT2D eigenvalue weighted by molar-refractivity contribution is 0.0710. The number of thiophene rings is 1. The monoisotopic (exact) mass is 369 g/mol. The standard InChI is InChI=1S/C19H19N3O3S/c23-19(15-9-18-14(21-15)5-7-26-18)22-6-1-2-13(10-22)20-12-3-4-16-17(8-12)25-11-24-16/h3-5,7-9,13,20-21H,1-2,6,10-11H2/t13-/m0/s1. The fourth-order valence-corrected chi connectivity index (χ4v) is 4.42. The average molecular weight is 369 g/mol. The second-order valence-corrected chi connectivity index (χ2v) is 7.63. The molecular weight excluding hydrogens is 350 g/mol. The number of rotatable bonds is 3. The Morgan fingerprint density at radius 3 is 3.08 bits per heavy atom. The number of amides is 1.